The van der Waals surface area contributed by atoms with Crippen molar-refractivity contribution in [2.75, 3.05) is 37.7 Å². The molecule has 0 N–H and O–H groups in total. The summed E-state index contributed by atoms with van der Waals surface area (Å²) >= 11 is 0. The van der Waals surface area contributed by atoms with Gasteiger partial charge in [0.1, 0.15) is 6.10 Å². The van der Waals surface area contributed by atoms with Gasteiger partial charge in [0.05, 0.1) is 11.4 Å². The summed E-state index contributed by atoms with van der Waals surface area (Å²) in [6.45, 7) is 4.25. The molecule has 3 fully saturated rings. The third kappa shape index (κ3) is 3.80. The highest BCUT2D eigenvalue weighted by Crippen LogP contribution is 2.34. The largest absolute Gasteiger partial charge is 0.368 e. The minimum Gasteiger partial charge on any atom is -0.368 e. The van der Waals surface area contributed by atoms with E-state index in [0.29, 0.717) is 13.2 Å². The summed E-state index contributed by atoms with van der Waals surface area (Å²) in [5.41, 5.74) is 3.00. The lowest BCUT2D eigenvalue weighted by molar-refractivity contribution is -0.142. The first kappa shape index (κ1) is 19.5. The average molecular weight is 411 g/mol. The molecule has 5 rings (SSSR count). The van der Waals surface area contributed by atoms with Gasteiger partial charge in [0.25, 0.3) is 5.91 Å². The maximum atomic E-state index is 12.9. The lowest BCUT2D eigenvalue weighted by Crippen LogP contribution is -2.44. The monoisotopic (exact) mass is 410 g/mol. The Morgan fingerprint density at radius 3 is 2.80 bits per heavy atom. The molecule has 0 aromatic carbocycles. The highest BCUT2D eigenvalue weighted by Gasteiger charge is 2.33. The van der Waals surface area contributed by atoms with Crippen LogP contribution in [-0.2, 0) is 16.6 Å². The molecule has 1 amide bonds. The van der Waals surface area contributed by atoms with Crippen molar-refractivity contribution in [3.63, 3.8) is 0 Å². The van der Waals surface area contributed by atoms with Gasteiger partial charge in [0, 0.05) is 63.7 Å². The highest BCUT2D eigenvalue weighted by molar-refractivity contribution is 5.81. The number of carbonyl (C=O) groups is 1. The van der Waals surface area contributed by atoms with Gasteiger partial charge in [-0.1, -0.05) is 0 Å². The predicted molar refractivity (Wildman–Crippen MR) is 113 cm³/mol. The van der Waals surface area contributed by atoms with Crippen LogP contribution in [0.3, 0.4) is 0 Å². The molecule has 3 aliphatic rings. The van der Waals surface area contributed by atoms with E-state index < -0.39 is 0 Å². The molecule has 5 heterocycles. The Morgan fingerprint density at radius 1 is 1.13 bits per heavy atom. The van der Waals surface area contributed by atoms with Crippen LogP contribution in [0.25, 0.3) is 11.3 Å². The number of likely N-dealkylation sites (tertiary alicyclic amines) is 1. The van der Waals surface area contributed by atoms with Crippen molar-refractivity contribution in [1.29, 1.82) is 0 Å². The third-order valence-electron chi connectivity index (χ3n) is 6.49. The van der Waals surface area contributed by atoms with Crippen molar-refractivity contribution >= 4 is 11.9 Å². The fraction of sp³-hybridized carbons (Fsp3) is 0.636. The zero-order chi connectivity index (χ0) is 20.5. The zero-order valence-electron chi connectivity index (χ0n) is 17.7. The Balaban J connectivity index is 1.39. The normalized spacial score (nSPS) is 24.6. The molecule has 160 valence electrons. The van der Waals surface area contributed by atoms with Gasteiger partial charge >= 0.3 is 0 Å². The molecule has 0 saturated carbocycles. The van der Waals surface area contributed by atoms with Crippen molar-refractivity contribution in [3.8, 4) is 11.3 Å². The quantitative estimate of drug-likeness (QED) is 0.770. The van der Waals surface area contributed by atoms with E-state index in [2.05, 4.69) is 9.88 Å². The van der Waals surface area contributed by atoms with Crippen molar-refractivity contribution in [2.45, 2.75) is 50.5 Å². The molecule has 0 unspecified atom stereocenters. The Morgan fingerprint density at radius 2 is 2.00 bits per heavy atom. The van der Waals surface area contributed by atoms with Crippen LogP contribution < -0.4 is 4.90 Å². The fourth-order valence-electron chi connectivity index (χ4n) is 4.95. The van der Waals surface area contributed by atoms with E-state index in [1.165, 1.54) is 12.8 Å². The molecule has 0 radical (unpaired) electrons. The zero-order valence-corrected chi connectivity index (χ0v) is 17.7. The van der Waals surface area contributed by atoms with Crippen LogP contribution in [0.4, 0.5) is 5.95 Å². The minimum absolute atomic E-state index is 0.146. The number of nitrogens with zero attached hydrogens (tertiary/aromatic N) is 6. The van der Waals surface area contributed by atoms with Crippen LogP contribution in [0.15, 0.2) is 18.5 Å². The molecule has 2 aromatic heterocycles. The highest BCUT2D eigenvalue weighted by atomic mass is 16.5. The molecule has 8 nitrogen and oxygen atoms in total. The number of ether oxygens (including phenoxy) is 1. The van der Waals surface area contributed by atoms with Crippen molar-refractivity contribution in [1.82, 2.24) is 24.6 Å². The third-order valence-corrected chi connectivity index (χ3v) is 6.49. The SMILES string of the molecule is Cn1cc(-c2ccnc(N3CCCC3)n2)c([C@H]2CCCN(C(=O)[C@@H]3CCCO3)C2)n1. The molecule has 3 saturated heterocycles. The second-order valence-corrected chi connectivity index (χ2v) is 8.66. The number of rotatable bonds is 4. The summed E-state index contributed by atoms with van der Waals surface area (Å²) in [6.07, 6.45) is 9.88. The van der Waals surface area contributed by atoms with Crippen LogP contribution in [-0.4, -0.2) is 69.4 Å². The van der Waals surface area contributed by atoms with Crippen molar-refractivity contribution in [2.24, 2.45) is 7.05 Å². The number of aryl methyl sites for hydroxylation is 1. The fourth-order valence-corrected chi connectivity index (χ4v) is 4.95. The van der Waals surface area contributed by atoms with E-state index in [4.69, 9.17) is 14.8 Å². The Bertz CT molecular complexity index is 901. The van der Waals surface area contributed by atoms with Crippen LogP contribution in [0.1, 0.15) is 50.1 Å². The number of aromatic nitrogens is 4. The molecular formula is C22H30N6O2. The maximum absolute atomic E-state index is 12.9. The summed E-state index contributed by atoms with van der Waals surface area (Å²) in [7, 11) is 1.95. The standard InChI is InChI=1S/C22H30N6O2/c1-26-15-17(18-8-9-23-22(24-18)27-10-2-3-11-27)20(25-26)16-6-4-12-28(14-16)21(29)19-7-5-13-30-19/h8-9,15-16,19H,2-7,10-14H2,1H3/t16-,19-/m0/s1. The van der Waals surface area contributed by atoms with Gasteiger partial charge in [0.15, 0.2) is 0 Å². The van der Waals surface area contributed by atoms with Crippen LogP contribution in [0.2, 0.25) is 0 Å². The van der Waals surface area contributed by atoms with Gasteiger partial charge in [-0.25, -0.2) is 9.97 Å². The second kappa shape index (κ2) is 8.34. The minimum atomic E-state index is -0.253. The number of carbonyl (C=O) groups excluding carboxylic acids is 1. The molecule has 2 aromatic rings. The van der Waals surface area contributed by atoms with Gasteiger partial charge < -0.3 is 14.5 Å². The van der Waals surface area contributed by atoms with Gasteiger partial charge in [-0.2, -0.15) is 5.10 Å². The summed E-state index contributed by atoms with van der Waals surface area (Å²) in [4.78, 5) is 26.5. The average Bonchev–Trinajstić information content (AvgIpc) is 3.55. The summed E-state index contributed by atoms with van der Waals surface area (Å²) in [5.74, 6) is 1.16. The van der Waals surface area contributed by atoms with Crippen LogP contribution >= 0.6 is 0 Å². The molecule has 0 spiro atoms. The molecule has 0 aliphatic carbocycles. The van der Waals surface area contributed by atoms with E-state index in [-0.39, 0.29) is 17.9 Å². The Labute approximate surface area is 177 Å². The topological polar surface area (TPSA) is 76.4 Å². The van der Waals surface area contributed by atoms with Gasteiger partial charge in [0.2, 0.25) is 5.95 Å². The van der Waals surface area contributed by atoms with Gasteiger partial charge in [-0.05, 0) is 44.6 Å². The van der Waals surface area contributed by atoms with E-state index in [0.717, 1.165) is 68.2 Å². The maximum Gasteiger partial charge on any atom is 0.251 e. The number of hydrogen-bond acceptors (Lipinski definition) is 6. The Kier molecular flexibility index (Phi) is 5.41. The van der Waals surface area contributed by atoms with Gasteiger partial charge in [-0.3, -0.25) is 9.48 Å². The molecule has 0 bridgehead atoms. The lowest BCUT2D eigenvalue weighted by atomic mass is 9.91. The second-order valence-electron chi connectivity index (χ2n) is 8.66. The molecule has 2 atom stereocenters. The van der Waals surface area contributed by atoms with E-state index >= 15 is 0 Å². The molecule has 30 heavy (non-hydrogen) atoms. The first-order chi connectivity index (χ1) is 14.7. The molecule has 3 aliphatic heterocycles. The number of hydrogen-bond donors (Lipinski definition) is 0. The van der Waals surface area contributed by atoms with Crippen LogP contribution in [0, 0.1) is 0 Å². The Hall–Kier alpha value is -2.48. The molecular weight excluding hydrogens is 380 g/mol. The van der Waals surface area contributed by atoms with E-state index in [9.17, 15) is 4.79 Å². The number of amides is 1. The summed E-state index contributed by atoms with van der Waals surface area (Å²) in [5, 5.41) is 4.80. The number of anilines is 1. The summed E-state index contributed by atoms with van der Waals surface area (Å²) in [6, 6.07) is 1.97. The van der Waals surface area contributed by atoms with E-state index in [1.807, 2.05) is 35.1 Å². The first-order valence-electron chi connectivity index (χ1n) is 11.2. The first-order valence-corrected chi connectivity index (χ1v) is 11.2. The smallest absolute Gasteiger partial charge is 0.251 e. The van der Waals surface area contributed by atoms with Gasteiger partial charge in [-0.15, -0.1) is 0 Å². The number of piperidine rings is 1. The summed E-state index contributed by atoms with van der Waals surface area (Å²) < 4.78 is 7.50. The van der Waals surface area contributed by atoms with Crippen molar-refractivity contribution in [3.05, 3.63) is 24.2 Å². The predicted octanol–water partition coefficient (Wildman–Crippen LogP) is 2.36. The van der Waals surface area contributed by atoms with Crippen LogP contribution in [0.5, 0.6) is 0 Å². The molecule has 8 heteroatoms. The van der Waals surface area contributed by atoms with Crippen molar-refractivity contribution < 1.29 is 9.53 Å². The lowest BCUT2D eigenvalue weighted by Gasteiger charge is -2.33. The van der Waals surface area contributed by atoms with E-state index in [1.54, 1.807) is 0 Å².